The number of aliphatic hydroxyl groups is 1. The van der Waals surface area contributed by atoms with Crippen LogP contribution < -0.4 is 0 Å². The molecule has 1 saturated carbocycles. The molecule has 1 amide bonds. The Hall–Kier alpha value is -1.46. The number of piperidine rings is 1. The van der Waals surface area contributed by atoms with Crippen molar-refractivity contribution in [2.45, 2.75) is 81.5 Å². The lowest BCUT2D eigenvalue weighted by molar-refractivity contribution is -0.137. The highest BCUT2D eigenvalue weighted by molar-refractivity contribution is 5.78. The molecule has 3 fully saturated rings. The molecule has 0 spiro atoms. The minimum Gasteiger partial charge on any atom is -0.383 e. The largest absolute Gasteiger partial charge is 0.383 e. The Morgan fingerprint density at radius 2 is 1.88 bits per heavy atom. The van der Waals surface area contributed by atoms with Crippen LogP contribution in [0.25, 0.3) is 0 Å². The van der Waals surface area contributed by atoms with Crippen molar-refractivity contribution < 1.29 is 9.90 Å². The number of nitrogens with zero attached hydrogens (tertiary/aromatic N) is 3. The smallest absolute Gasteiger partial charge is 0.236 e. The number of pyridine rings is 1. The Bertz CT molecular complexity index is 615. The second-order valence-corrected chi connectivity index (χ2v) is 8.51. The summed E-state index contributed by atoms with van der Waals surface area (Å²) in [5, 5.41) is 11.2. The van der Waals surface area contributed by atoms with Gasteiger partial charge in [0.2, 0.25) is 5.91 Å². The summed E-state index contributed by atoms with van der Waals surface area (Å²) in [6, 6.07) is 6.74. The standard InChI is InChI=1S/C21H31N3O2/c1-23(16-7-3-2-4-8-16)20(25)15-24-17-10-11-18(24)14-21(26,13-17)19-9-5-6-12-22-19/h5-6,9,12,16-18,26H,2-4,7-8,10-11,13-15H2,1H3/t17-,18+,21?. The SMILES string of the molecule is CN(C(=O)CN1[C@@H]2CC[C@H]1CC(O)(c1ccccn1)C2)C1CCCCC1. The summed E-state index contributed by atoms with van der Waals surface area (Å²) in [7, 11) is 1.98. The van der Waals surface area contributed by atoms with E-state index in [1.165, 1.54) is 19.3 Å². The molecule has 4 rings (SSSR count). The molecular formula is C21H31N3O2. The van der Waals surface area contributed by atoms with E-state index in [0.717, 1.165) is 31.4 Å². The van der Waals surface area contributed by atoms with E-state index in [0.29, 0.717) is 25.4 Å². The number of likely N-dealkylation sites (N-methyl/N-ethyl adjacent to an activating group) is 1. The number of hydrogen-bond acceptors (Lipinski definition) is 4. The zero-order valence-corrected chi connectivity index (χ0v) is 15.8. The van der Waals surface area contributed by atoms with E-state index in [4.69, 9.17) is 0 Å². The van der Waals surface area contributed by atoms with Crippen LogP contribution in [0.4, 0.5) is 0 Å². The Morgan fingerprint density at radius 3 is 2.50 bits per heavy atom. The third-order valence-corrected chi connectivity index (χ3v) is 6.89. The molecule has 142 valence electrons. The van der Waals surface area contributed by atoms with Gasteiger partial charge in [-0.15, -0.1) is 0 Å². The molecule has 3 aliphatic rings. The maximum Gasteiger partial charge on any atom is 0.236 e. The van der Waals surface area contributed by atoms with Crippen molar-refractivity contribution in [1.29, 1.82) is 0 Å². The van der Waals surface area contributed by atoms with Gasteiger partial charge in [-0.05, 0) is 50.7 Å². The number of fused-ring (bicyclic) bond motifs is 2. The zero-order chi connectivity index (χ0) is 18.1. The van der Waals surface area contributed by atoms with Crippen LogP contribution >= 0.6 is 0 Å². The quantitative estimate of drug-likeness (QED) is 0.900. The van der Waals surface area contributed by atoms with Gasteiger partial charge in [-0.3, -0.25) is 14.7 Å². The molecule has 5 nitrogen and oxygen atoms in total. The Morgan fingerprint density at radius 1 is 1.19 bits per heavy atom. The van der Waals surface area contributed by atoms with Gasteiger partial charge >= 0.3 is 0 Å². The predicted molar refractivity (Wildman–Crippen MR) is 101 cm³/mol. The third-order valence-electron chi connectivity index (χ3n) is 6.89. The van der Waals surface area contributed by atoms with Gasteiger partial charge in [0.05, 0.1) is 12.2 Å². The number of carbonyl (C=O) groups is 1. The van der Waals surface area contributed by atoms with Gasteiger partial charge in [-0.25, -0.2) is 0 Å². The van der Waals surface area contributed by atoms with E-state index in [9.17, 15) is 9.90 Å². The minimum absolute atomic E-state index is 0.247. The zero-order valence-electron chi connectivity index (χ0n) is 15.8. The molecule has 1 unspecified atom stereocenters. The van der Waals surface area contributed by atoms with Crippen LogP contribution in [-0.4, -0.2) is 57.5 Å². The Balaban J connectivity index is 1.41. The van der Waals surface area contributed by atoms with E-state index in [2.05, 4.69) is 9.88 Å². The molecule has 2 saturated heterocycles. The lowest BCUT2D eigenvalue weighted by Gasteiger charge is -2.44. The number of amides is 1. The first-order chi connectivity index (χ1) is 12.6. The lowest BCUT2D eigenvalue weighted by Crippen LogP contribution is -2.53. The van der Waals surface area contributed by atoms with Gasteiger partial charge in [-0.2, -0.15) is 0 Å². The van der Waals surface area contributed by atoms with Crippen LogP contribution in [0.3, 0.4) is 0 Å². The predicted octanol–water partition coefficient (Wildman–Crippen LogP) is 2.69. The number of hydrogen-bond donors (Lipinski definition) is 1. The molecule has 2 aliphatic heterocycles. The molecular weight excluding hydrogens is 326 g/mol. The molecule has 2 bridgehead atoms. The highest BCUT2D eigenvalue weighted by Gasteiger charge is 2.49. The molecule has 26 heavy (non-hydrogen) atoms. The number of rotatable bonds is 4. The molecule has 1 N–H and O–H groups in total. The second kappa shape index (κ2) is 7.28. The van der Waals surface area contributed by atoms with Crippen LogP contribution in [0.2, 0.25) is 0 Å². The summed E-state index contributed by atoms with van der Waals surface area (Å²) in [4.78, 5) is 21.6. The molecule has 3 heterocycles. The van der Waals surface area contributed by atoms with Gasteiger partial charge in [0.25, 0.3) is 0 Å². The van der Waals surface area contributed by atoms with Crippen molar-refractivity contribution in [3.8, 4) is 0 Å². The summed E-state index contributed by atoms with van der Waals surface area (Å²) in [5.74, 6) is 0.247. The Labute approximate surface area is 156 Å². The van der Waals surface area contributed by atoms with Crippen molar-refractivity contribution >= 4 is 5.91 Å². The topological polar surface area (TPSA) is 56.7 Å². The molecule has 1 aliphatic carbocycles. The van der Waals surface area contributed by atoms with Crippen LogP contribution in [0.1, 0.15) is 63.5 Å². The van der Waals surface area contributed by atoms with Crippen molar-refractivity contribution in [2.24, 2.45) is 0 Å². The van der Waals surface area contributed by atoms with Crippen LogP contribution in [-0.2, 0) is 10.4 Å². The van der Waals surface area contributed by atoms with E-state index in [-0.39, 0.29) is 18.0 Å². The van der Waals surface area contributed by atoms with Crippen molar-refractivity contribution in [3.05, 3.63) is 30.1 Å². The highest BCUT2D eigenvalue weighted by atomic mass is 16.3. The number of carbonyl (C=O) groups excluding carboxylic acids is 1. The molecule has 3 atom stereocenters. The molecule has 1 aromatic rings. The average molecular weight is 357 g/mol. The molecule has 0 aromatic carbocycles. The van der Waals surface area contributed by atoms with Gasteiger partial charge in [0, 0.05) is 31.4 Å². The van der Waals surface area contributed by atoms with Gasteiger partial charge < -0.3 is 10.0 Å². The fourth-order valence-corrected chi connectivity index (χ4v) is 5.36. The summed E-state index contributed by atoms with van der Waals surface area (Å²) in [6.45, 7) is 0.501. The minimum atomic E-state index is -0.845. The first-order valence-corrected chi connectivity index (χ1v) is 10.2. The van der Waals surface area contributed by atoms with Crippen molar-refractivity contribution in [3.63, 3.8) is 0 Å². The van der Waals surface area contributed by atoms with Crippen LogP contribution in [0.5, 0.6) is 0 Å². The third kappa shape index (κ3) is 3.39. The highest BCUT2D eigenvalue weighted by Crippen LogP contribution is 2.45. The number of aromatic nitrogens is 1. The summed E-state index contributed by atoms with van der Waals surface area (Å²) in [5.41, 5.74) is -0.0655. The maximum absolute atomic E-state index is 12.9. The fourth-order valence-electron chi connectivity index (χ4n) is 5.36. The lowest BCUT2D eigenvalue weighted by atomic mass is 9.83. The molecule has 1 aromatic heterocycles. The fraction of sp³-hybridized carbons (Fsp3) is 0.714. The second-order valence-electron chi connectivity index (χ2n) is 8.51. The first kappa shape index (κ1) is 17.9. The normalized spacial score (nSPS) is 32.5. The van der Waals surface area contributed by atoms with Gasteiger partial charge in [-0.1, -0.05) is 25.3 Å². The van der Waals surface area contributed by atoms with E-state index < -0.39 is 5.60 Å². The van der Waals surface area contributed by atoms with Crippen molar-refractivity contribution in [1.82, 2.24) is 14.8 Å². The molecule has 5 heteroatoms. The summed E-state index contributed by atoms with van der Waals surface area (Å²) < 4.78 is 0. The summed E-state index contributed by atoms with van der Waals surface area (Å²) in [6.07, 6.45) is 11.3. The average Bonchev–Trinajstić information content (AvgIpc) is 2.92. The van der Waals surface area contributed by atoms with Gasteiger partial charge in [0.1, 0.15) is 5.60 Å². The summed E-state index contributed by atoms with van der Waals surface area (Å²) >= 11 is 0. The monoisotopic (exact) mass is 357 g/mol. The van der Waals surface area contributed by atoms with Crippen molar-refractivity contribution in [2.75, 3.05) is 13.6 Å². The van der Waals surface area contributed by atoms with Crippen LogP contribution in [0.15, 0.2) is 24.4 Å². The van der Waals surface area contributed by atoms with Crippen LogP contribution in [0, 0.1) is 0 Å². The Kier molecular flexibility index (Phi) is 5.02. The maximum atomic E-state index is 12.9. The van der Waals surface area contributed by atoms with E-state index >= 15 is 0 Å². The van der Waals surface area contributed by atoms with Gasteiger partial charge in [0.15, 0.2) is 0 Å². The van der Waals surface area contributed by atoms with E-state index in [1.807, 2.05) is 30.1 Å². The first-order valence-electron chi connectivity index (χ1n) is 10.2. The van der Waals surface area contributed by atoms with E-state index in [1.54, 1.807) is 6.20 Å². The molecule has 0 radical (unpaired) electrons.